The molecule has 158 valence electrons. The molecule has 0 saturated carbocycles. The fourth-order valence-electron chi connectivity index (χ4n) is 3.55. The first-order valence-corrected chi connectivity index (χ1v) is 11.2. The van der Waals surface area contributed by atoms with Crippen LogP contribution in [0.15, 0.2) is 56.6 Å². The zero-order chi connectivity index (χ0) is 22.3. The number of fused-ring (bicyclic) bond motifs is 2. The van der Waals surface area contributed by atoms with Crippen molar-refractivity contribution in [2.45, 2.75) is 31.7 Å². The fourth-order valence-corrected chi connectivity index (χ4v) is 4.70. The summed E-state index contributed by atoms with van der Waals surface area (Å²) in [6, 6.07) is 12.9. The molecule has 8 nitrogen and oxygen atoms in total. The maximum absolute atomic E-state index is 13.4. The number of aromatic hydroxyl groups is 1. The molecule has 0 spiro atoms. The highest BCUT2D eigenvalue weighted by Gasteiger charge is 2.30. The Morgan fingerprint density at radius 2 is 1.97 bits per heavy atom. The van der Waals surface area contributed by atoms with Gasteiger partial charge in [0.15, 0.2) is 5.84 Å². The van der Waals surface area contributed by atoms with Crippen LogP contribution in [0.3, 0.4) is 0 Å². The van der Waals surface area contributed by atoms with Crippen LogP contribution in [-0.2, 0) is 16.6 Å². The number of aromatic nitrogens is 1. The lowest BCUT2D eigenvalue weighted by Crippen LogP contribution is -2.33. The summed E-state index contributed by atoms with van der Waals surface area (Å²) >= 11 is 0. The van der Waals surface area contributed by atoms with Gasteiger partial charge < -0.3 is 15.0 Å². The van der Waals surface area contributed by atoms with E-state index in [-0.39, 0.29) is 33.3 Å². The third kappa shape index (κ3) is 3.55. The molecule has 2 heterocycles. The molecule has 2 aromatic carbocycles. The Morgan fingerprint density at radius 1 is 1.23 bits per heavy atom. The minimum Gasteiger partial charge on any atom is -0.506 e. The lowest BCUT2D eigenvalue weighted by molar-refractivity contribution is 0.474. The van der Waals surface area contributed by atoms with Crippen LogP contribution in [-0.4, -0.2) is 23.9 Å². The first-order valence-electron chi connectivity index (χ1n) is 9.74. The van der Waals surface area contributed by atoms with Crippen molar-refractivity contribution < 1.29 is 13.5 Å². The zero-order valence-electron chi connectivity index (χ0n) is 17.0. The maximum atomic E-state index is 13.4. The van der Waals surface area contributed by atoms with E-state index in [9.17, 15) is 18.3 Å². The highest BCUT2D eigenvalue weighted by atomic mass is 32.2. The molecule has 0 bridgehead atoms. The average Bonchev–Trinajstić information content (AvgIpc) is 2.73. The number of amidine groups is 1. The summed E-state index contributed by atoms with van der Waals surface area (Å²) in [4.78, 5) is 13.2. The number of anilines is 1. The minimum atomic E-state index is -4.18. The van der Waals surface area contributed by atoms with Crippen LogP contribution in [0, 0.1) is 17.2 Å². The number of hydrogen-bond donors (Lipinski definition) is 2. The quantitative estimate of drug-likeness (QED) is 0.647. The lowest BCUT2D eigenvalue weighted by atomic mass is 10.1. The van der Waals surface area contributed by atoms with Crippen LogP contribution in [0.1, 0.15) is 31.4 Å². The third-order valence-electron chi connectivity index (χ3n) is 5.17. The Bertz CT molecular complexity index is 1450. The van der Waals surface area contributed by atoms with E-state index in [0.29, 0.717) is 23.4 Å². The Balaban J connectivity index is 1.96. The second kappa shape index (κ2) is 7.56. The Morgan fingerprint density at radius 3 is 2.68 bits per heavy atom. The van der Waals surface area contributed by atoms with Gasteiger partial charge in [0.1, 0.15) is 16.2 Å². The molecule has 3 aromatic rings. The summed E-state index contributed by atoms with van der Waals surface area (Å²) in [7, 11) is -4.18. The Kier molecular flexibility index (Phi) is 5.03. The molecule has 2 N–H and O–H groups in total. The largest absolute Gasteiger partial charge is 0.506 e. The molecule has 31 heavy (non-hydrogen) atoms. The molecule has 1 aliphatic heterocycles. The van der Waals surface area contributed by atoms with E-state index in [4.69, 9.17) is 5.26 Å². The SMILES string of the molecule is CC(C)CCn1c(=O)c(C2=NS(=O)(=O)c3cc(C#N)ccc3N2)c(O)c2ccccc21. The number of hydrogen-bond acceptors (Lipinski definition) is 6. The van der Waals surface area contributed by atoms with Crippen LogP contribution >= 0.6 is 0 Å². The summed E-state index contributed by atoms with van der Waals surface area (Å²) in [6.07, 6.45) is 0.728. The fraction of sp³-hybridized carbons (Fsp3) is 0.227. The summed E-state index contributed by atoms with van der Waals surface area (Å²) < 4.78 is 30.9. The van der Waals surface area contributed by atoms with Crippen LogP contribution in [0.25, 0.3) is 10.9 Å². The standard InChI is InChI=1S/C22H20N4O4S/c1-13(2)9-10-26-17-6-4-3-5-15(17)20(27)19(22(26)28)21-24-16-8-7-14(12-23)11-18(16)31(29,30)25-21/h3-8,11,13,27H,9-10H2,1-2H3,(H,24,25). The van der Waals surface area contributed by atoms with Crippen LogP contribution < -0.4 is 10.9 Å². The number of para-hydroxylation sites is 1. The lowest BCUT2D eigenvalue weighted by Gasteiger charge is -2.21. The molecule has 1 aliphatic rings. The Labute approximate surface area is 179 Å². The first-order chi connectivity index (χ1) is 14.7. The number of pyridine rings is 1. The number of benzene rings is 2. The van der Waals surface area contributed by atoms with E-state index in [2.05, 4.69) is 9.71 Å². The predicted molar refractivity (Wildman–Crippen MR) is 118 cm³/mol. The van der Waals surface area contributed by atoms with Crippen molar-refractivity contribution in [2.24, 2.45) is 10.3 Å². The molecule has 0 amide bonds. The van der Waals surface area contributed by atoms with Gasteiger partial charge in [0.2, 0.25) is 0 Å². The normalized spacial score (nSPS) is 14.6. The van der Waals surface area contributed by atoms with Gasteiger partial charge in [-0.25, -0.2) is 0 Å². The van der Waals surface area contributed by atoms with E-state index < -0.39 is 15.6 Å². The van der Waals surface area contributed by atoms with E-state index >= 15 is 0 Å². The second-order valence-electron chi connectivity index (χ2n) is 7.74. The molecule has 1 aromatic heterocycles. The van der Waals surface area contributed by atoms with E-state index in [0.717, 1.165) is 6.42 Å². The first kappa shape index (κ1) is 20.6. The zero-order valence-corrected chi connectivity index (χ0v) is 17.8. The van der Waals surface area contributed by atoms with Gasteiger partial charge in [-0.1, -0.05) is 26.0 Å². The van der Waals surface area contributed by atoms with Crippen molar-refractivity contribution in [1.29, 1.82) is 5.26 Å². The van der Waals surface area contributed by atoms with Crippen molar-refractivity contribution in [1.82, 2.24) is 4.57 Å². The molecule has 9 heteroatoms. The summed E-state index contributed by atoms with van der Waals surface area (Å²) in [5.41, 5.74) is 0.182. The third-order valence-corrected chi connectivity index (χ3v) is 6.48. The number of nitrogens with one attached hydrogen (secondary N) is 1. The molecule has 0 radical (unpaired) electrons. The predicted octanol–water partition coefficient (Wildman–Crippen LogP) is 3.19. The van der Waals surface area contributed by atoms with Crippen LogP contribution in [0.4, 0.5) is 5.69 Å². The summed E-state index contributed by atoms with van der Waals surface area (Å²) in [5, 5.41) is 23.2. The molecule has 0 aliphatic carbocycles. The number of nitrogens with zero attached hydrogens (tertiary/aromatic N) is 3. The maximum Gasteiger partial charge on any atom is 0.286 e. The Hall–Kier alpha value is -3.64. The van der Waals surface area contributed by atoms with Gasteiger partial charge in [-0.3, -0.25) is 4.79 Å². The van der Waals surface area contributed by atoms with Crippen molar-refractivity contribution in [2.75, 3.05) is 5.32 Å². The van der Waals surface area contributed by atoms with Gasteiger partial charge >= 0.3 is 0 Å². The molecule has 0 atom stereocenters. The molecular formula is C22H20N4O4S. The van der Waals surface area contributed by atoms with Crippen molar-refractivity contribution in [3.8, 4) is 11.8 Å². The van der Waals surface area contributed by atoms with Gasteiger partial charge in [-0.15, -0.1) is 4.40 Å². The molecule has 4 rings (SSSR count). The van der Waals surface area contributed by atoms with Gasteiger partial charge in [0, 0.05) is 11.9 Å². The topological polar surface area (TPSA) is 125 Å². The van der Waals surface area contributed by atoms with Crippen molar-refractivity contribution in [3.63, 3.8) is 0 Å². The molecule has 0 unspecified atom stereocenters. The van der Waals surface area contributed by atoms with Gasteiger partial charge in [-0.2, -0.15) is 13.7 Å². The molecular weight excluding hydrogens is 416 g/mol. The van der Waals surface area contributed by atoms with Gasteiger partial charge in [0.25, 0.3) is 15.6 Å². The van der Waals surface area contributed by atoms with Crippen LogP contribution in [0.5, 0.6) is 5.75 Å². The minimum absolute atomic E-state index is 0.157. The average molecular weight is 436 g/mol. The monoisotopic (exact) mass is 436 g/mol. The van der Waals surface area contributed by atoms with E-state index in [1.54, 1.807) is 24.3 Å². The smallest absolute Gasteiger partial charge is 0.286 e. The van der Waals surface area contributed by atoms with Crippen molar-refractivity contribution in [3.05, 3.63) is 63.9 Å². The van der Waals surface area contributed by atoms with Gasteiger partial charge in [0.05, 0.1) is 22.8 Å². The van der Waals surface area contributed by atoms with Gasteiger partial charge in [-0.05, 0) is 42.7 Å². The summed E-state index contributed by atoms with van der Waals surface area (Å²) in [6.45, 7) is 4.49. The molecule has 0 saturated heterocycles. The molecule has 0 fully saturated rings. The van der Waals surface area contributed by atoms with E-state index in [1.807, 2.05) is 19.9 Å². The highest BCUT2D eigenvalue weighted by molar-refractivity contribution is 7.90. The van der Waals surface area contributed by atoms with E-state index in [1.165, 1.54) is 22.8 Å². The number of sulfonamides is 1. The number of nitriles is 1. The number of aryl methyl sites for hydroxylation is 1. The van der Waals surface area contributed by atoms with Crippen molar-refractivity contribution >= 4 is 32.4 Å². The van der Waals surface area contributed by atoms with Crippen LogP contribution in [0.2, 0.25) is 0 Å². The second-order valence-corrected chi connectivity index (χ2v) is 9.32. The number of rotatable bonds is 4. The highest BCUT2D eigenvalue weighted by Crippen LogP contribution is 2.32. The summed E-state index contributed by atoms with van der Waals surface area (Å²) in [5.74, 6) is -0.238.